The van der Waals surface area contributed by atoms with Crippen LogP contribution in [0.5, 0.6) is 11.5 Å². The van der Waals surface area contributed by atoms with Crippen molar-refractivity contribution in [2.24, 2.45) is 0 Å². The highest BCUT2D eigenvalue weighted by atomic mass is 16.5. The molecule has 0 bridgehead atoms. The first kappa shape index (κ1) is 21.0. The van der Waals surface area contributed by atoms with E-state index in [0.717, 1.165) is 0 Å². The molecule has 1 aromatic heterocycles. The van der Waals surface area contributed by atoms with Crippen LogP contribution in [0, 0.1) is 0 Å². The van der Waals surface area contributed by atoms with Crippen LogP contribution in [-0.4, -0.2) is 42.4 Å². The van der Waals surface area contributed by atoms with Crippen molar-refractivity contribution in [1.29, 1.82) is 0 Å². The van der Waals surface area contributed by atoms with E-state index in [1.54, 1.807) is 56.3 Å². The number of benzene rings is 2. The highest BCUT2D eigenvalue weighted by Gasteiger charge is 2.21. The normalized spacial score (nSPS) is 10.8. The molecule has 0 N–H and O–H groups in total. The maximum Gasteiger partial charge on any atom is 0.359 e. The molecule has 0 fully saturated rings. The van der Waals surface area contributed by atoms with Crippen LogP contribution in [0.25, 0.3) is 10.8 Å². The van der Waals surface area contributed by atoms with Gasteiger partial charge in [-0.3, -0.25) is 9.59 Å². The molecule has 0 aliphatic carbocycles. The number of Topliss-reactive ketones (excluding diaryl/α,β-unsaturated/α-hetero) is 1. The van der Waals surface area contributed by atoms with Crippen LogP contribution in [0.2, 0.25) is 0 Å². The highest BCUT2D eigenvalue weighted by Crippen LogP contribution is 2.25. The lowest BCUT2D eigenvalue weighted by Gasteiger charge is -2.13. The Morgan fingerprint density at radius 2 is 1.73 bits per heavy atom. The minimum atomic E-state index is -0.790. The Hall–Kier alpha value is -3.68. The molecular formula is C22H22N2O6. The van der Waals surface area contributed by atoms with Gasteiger partial charge in [0.1, 0.15) is 11.5 Å². The number of esters is 1. The number of nitrogens with zero attached hydrogens (tertiary/aromatic N) is 2. The Kier molecular flexibility index (Phi) is 6.15. The summed E-state index contributed by atoms with van der Waals surface area (Å²) >= 11 is 0. The van der Waals surface area contributed by atoms with Gasteiger partial charge in [0.25, 0.3) is 5.56 Å². The monoisotopic (exact) mass is 410 g/mol. The van der Waals surface area contributed by atoms with E-state index in [-0.39, 0.29) is 22.9 Å². The molecule has 2 aromatic carbocycles. The van der Waals surface area contributed by atoms with E-state index >= 15 is 0 Å². The largest absolute Gasteiger partial charge is 0.497 e. The lowest BCUT2D eigenvalue weighted by atomic mass is 10.1. The van der Waals surface area contributed by atoms with Crippen molar-refractivity contribution >= 4 is 22.5 Å². The first-order chi connectivity index (χ1) is 14.4. The average Bonchev–Trinajstić information content (AvgIpc) is 2.76. The first-order valence-electron chi connectivity index (χ1n) is 9.31. The Labute approximate surface area is 173 Å². The lowest BCUT2D eigenvalue weighted by Crippen LogP contribution is -2.28. The van der Waals surface area contributed by atoms with E-state index in [9.17, 15) is 14.4 Å². The summed E-state index contributed by atoms with van der Waals surface area (Å²) in [4.78, 5) is 37.9. The highest BCUT2D eigenvalue weighted by molar-refractivity contribution is 6.04. The zero-order chi connectivity index (χ0) is 21.8. The van der Waals surface area contributed by atoms with Gasteiger partial charge in [0.2, 0.25) is 5.78 Å². The molecule has 0 spiro atoms. The number of hydrogen-bond acceptors (Lipinski definition) is 7. The van der Waals surface area contributed by atoms with E-state index in [0.29, 0.717) is 22.3 Å². The molecule has 0 atom stereocenters. The topological polar surface area (TPSA) is 96.7 Å². The van der Waals surface area contributed by atoms with Crippen LogP contribution in [0.3, 0.4) is 0 Å². The van der Waals surface area contributed by atoms with Gasteiger partial charge >= 0.3 is 5.97 Å². The number of fused-ring (bicyclic) bond motifs is 1. The molecule has 3 rings (SSSR count). The maximum atomic E-state index is 12.7. The Morgan fingerprint density at radius 1 is 1.03 bits per heavy atom. The standard InChI is InChI=1S/C22H22N2O6/c1-13(2)24-21(26)16-8-6-5-7-15(16)20(23-24)22(27)30-12-18(25)17-10-9-14(28-3)11-19(17)29-4/h5-11,13H,12H2,1-4H3. The SMILES string of the molecule is COc1ccc(C(=O)COC(=O)c2nn(C(C)C)c(=O)c3ccccc23)c(OC)c1. The Balaban J connectivity index is 1.88. The van der Waals surface area contributed by atoms with Crippen LogP contribution in [0.1, 0.15) is 40.7 Å². The molecule has 30 heavy (non-hydrogen) atoms. The summed E-state index contributed by atoms with van der Waals surface area (Å²) in [5, 5.41) is 4.92. The molecule has 0 aliphatic heterocycles. The van der Waals surface area contributed by atoms with E-state index < -0.39 is 18.4 Å². The summed E-state index contributed by atoms with van der Waals surface area (Å²) < 4.78 is 16.8. The fourth-order valence-electron chi connectivity index (χ4n) is 3.01. The van der Waals surface area contributed by atoms with Gasteiger partial charge < -0.3 is 14.2 Å². The number of methoxy groups -OCH3 is 2. The van der Waals surface area contributed by atoms with Crippen molar-refractivity contribution in [1.82, 2.24) is 9.78 Å². The van der Waals surface area contributed by atoms with Gasteiger partial charge in [0, 0.05) is 11.5 Å². The second kappa shape index (κ2) is 8.77. The van der Waals surface area contributed by atoms with E-state index in [1.165, 1.54) is 18.9 Å². The molecule has 0 unspecified atom stereocenters. The molecule has 1 heterocycles. The summed E-state index contributed by atoms with van der Waals surface area (Å²) in [6.45, 7) is 3.08. The number of ether oxygens (including phenoxy) is 3. The molecule has 0 aliphatic rings. The quantitative estimate of drug-likeness (QED) is 0.436. The minimum absolute atomic E-state index is 0.0200. The predicted molar refractivity (Wildman–Crippen MR) is 111 cm³/mol. The van der Waals surface area contributed by atoms with Crippen LogP contribution in [-0.2, 0) is 4.74 Å². The Bertz CT molecular complexity index is 1170. The van der Waals surface area contributed by atoms with Gasteiger partial charge in [-0.2, -0.15) is 5.10 Å². The van der Waals surface area contributed by atoms with Crippen LogP contribution >= 0.6 is 0 Å². The first-order valence-corrected chi connectivity index (χ1v) is 9.31. The number of aromatic nitrogens is 2. The summed E-state index contributed by atoms with van der Waals surface area (Å²) in [5.41, 5.74) is -0.0549. The van der Waals surface area contributed by atoms with Crippen LogP contribution in [0.15, 0.2) is 47.3 Å². The maximum absolute atomic E-state index is 12.7. The zero-order valence-electron chi connectivity index (χ0n) is 17.2. The van der Waals surface area contributed by atoms with Crippen molar-refractivity contribution in [2.45, 2.75) is 19.9 Å². The lowest BCUT2D eigenvalue weighted by molar-refractivity contribution is 0.0467. The molecular weight excluding hydrogens is 388 g/mol. The number of rotatable bonds is 7. The van der Waals surface area contributed by atoms with Crippen LogP contribution < -0.4 is 15.0 Å². The van der Waals surface area contributed by atoms with Crippen molar-refractivity contribution < 1.29 is 23.8 Å². The summed E-state index contributed by atoms with van der Waals surface area (Å²) in [6.07, 6.45) is 0. The third-order valence-corrected chi connectivity index (χ3v) is 4.55. The van der Waals surface area contributed by atoms with Gasteiger partial charge in [-0.05, 0) is 32.0 Å². The Morgan fingerprint density at radius 3 is 2.37 bits per heavy atom. The molecule has 156 valence electrons. The van der Waals surface area contributed by atoms with Crippen LogP contribution in [0.4, 0.5) is 0 Å². The zero-order valence-corrected chi connectivity index (χ0v) is 17.2. The van der Waals surface area contributed by atoms with E-state index in [1.807, 2.05) is 0 Å². The third-order valence-electron chi connectivity index (χ3n) is 4.55. The fourth-order valence-corrected chi connectivity index (χ4v) is 3.01. The molecule has 0 amide bonds. The van der Waals surface area contributed by atoms with Gasteiger partial charge in [-0.1, -0.05) is 18.2 Å². The second-order valence-corrected chi connectivity index (χ2v) is 6.80. The number of carbonyl (C=O) groups is 2. The van der Waals surface area contributed by atoms with Crippen molar-refractivity contribution in [2.75, 3.05) is 20.8 Å². The second-order valence-electron chi connectivity index (χ2n) is 6.80. The molecule has 0 saturated carbocycles. The molecule has 8 nitrogen and oxygen atoms in total. The molecule has 0 saturated heterocycles. The van der Waals surface area contributed by atoms with Crippen molar-refractivity contribution in [3.63, 3.8) is 0 Å². The summed E-state index contributed by atoms with van der Waals surface area (Å²) in [5.74, 6) is -0.384. The smallest absolute Gasteiger partial charge is 0.359 e. The summed E-state index contributed by atoms with van der Waals surface area (Å²) in [7, 11) is 2.94. The number of ketones is 1. The van der Waals surface area contributed by atoms with Crippen molar-refractivity contribution in [3.8, 4) is 11.5 Å². The molecule has 8 heteroatoms. The number of carbonyl (C=O) groups excluding carboxylic acids is 2. The van der Waals surface area contributed by atoms with E-state index in [2.05, 4.69) is 5.10 Å². The van der Waals surface area contributed by atoms with E-state index in [4.69, 9.17) is 14.2 Å². The number of hydrogen-bond donors (Lipinski definition) is 0. The minimum Gasteiger partial charge on any atom is -0.497 e. The molecule has 0 radical (unpaired) electrons. The van der Waals surface area contributed by atoms with Crippen molar-refractivity contribution in [3.05, 3.63) is 64.1 Å². The van der Waals surface area contributed by atoms with Gasteiger partial charge in [-0.25, -0.2) is 9.48 Å². The average molecular weight is 410 g/mol. The molecule has 3 aromatic rings. The van der Waals surface area contributed by atoms with Gasteiger partial charge in [0.15, 0.2) is 12.3 Å². The third kappa shape index (κ3) is 4.03. The van der Waals surface area contributed by atoms with Gasteiger partial charge in [-0.15, -0.1) is 0 Å². The van der Waals surface area contributed by atoms with Gasteiger partial charge in [0.05, 0.1) is 31.2 Å². The summed E-state index contributed by atoms with van der Waals surface area (Å²) in [6, 6.07) is 11.1. The fraction of sp³-hybridized carbons (Fsp3) is 0.273. The predicted octanol–water partition coefficient (Wildman–Crippen LogP) is 3.03.